The maximum Gasteiger partial charge on any atom is 0.160 e. The van der Waals surface area contributed by atoms with Gasteiger partial charge in [0.1, 0.15) is 11.2 Å². The van der Waals surface area contributed by atoms with Crippen molar-refractivity contribution in [3.63, 3.8) is 0 Å². The van der Waals surface area contributed by atoms with Gasteiger partial charge in [0.2, 0.25) is 0 Å². The fraction of sp³-hybridized carbons (Fsp3) is 0.115. The van der Waals surface area contributed by atoms with E-state index in [1.165, 1.54) is 50.1 Å². The minimum Gasteiger partial charge on any atom is -0.456 e. The summed E-state index contributed by atoms with van der Waals surface area (Å²) in [5.41, 5.74) is 19.7. The molecule has 9 aromatic rings. The molecule has 0 amide bonds. The fourth-order valence-electron chi connectivity index (χ4n) is 9.31. The summed E-state index contributed by atoms with van der Waals surface area (Å²) in [7, 11) is 0. The topological polar surface area (TPSA) is 38.9 Å². The molecule has 2 heterocycles. The zero-order valence-corrected chi connectivity index (χ0v) is 31.3. The summed E-state index contributed by atoms with van der Waals surface area (Å²) < 4.78 is 6.28. The van der Waals surface area contributed by atoms with E-state index < -0.39 is 0 Å². The highest BCUT2D eigenvalue weighted by Gasteiger charge is 2.41. The highest BCUT2D eigenvalue weighted by Crippen LogP contribution is 2.56. The molecule has 0 atom stereocenters. The second-order valence-corrected chi connectivity index (χ2v) is 16.2. The van der Waals surface area contributed by atoms with Gasteiger partial charge < -0.3 is 4.42 Å². The van der Waals surface area contributed by atoms with E-state index in [0.717, 1.165) is 55.6 Å². The Morgan fingerprint density at radius 1 is 0.364 bits per heavy atom. The number of furan rings is 1. The Bertz CT molecular complexity index is 3040. The van der Waals surface area contributed by atoms with Crippen molar-refractivity contribution in [2.24, 2.45) is 0 Å². The van der Waals surface area contributed by atoms with Crippen LogP contribution in [-0.2, 0) is 10.8 Å². The third-order valence-electron chi connectivity index (χ3n) is 12.3. The Balaban J connectivity index is 1.00. The molecule has 0 radical (unpaired) electrons. The minimum absolute atomic E-state index is 0.0321. The van der Waals surface area contributed by atoms with Gasteiger partial charge >= 0.3 is 0 Å². The predicted octanol–water partition coefficient (Wildman–Crippen LogP) is 13.7. The van der Waals surface area contributed by atoms with E-state index >= 15 is 0 Å². The molecule has 3 heteroatoms. The average Bonchev–Trinajstić information content (AvgIpc) is 3.79. The van der Waals surface area contributed by atoms with Crippen molar-refractivity contribution in [1.82, 2.24) is 9.97 Å². The van der Waals surface area contributed by atoms with E-state index in [-0.39, 0.29) is 10.8 Å². The molecule has 2 aliphatic carbocycles. The van der Waals surface area contributed by atoms with Gasteiger partial charge in [-0.2, -0.15) is 0 Å². The van der Waals surface area contributed by atoms with Crippen LogP contribution in [-0.4, -0.2) is 9.97 Å². The summed E-state index contributed by atoms with van der Waals surface area (Å²) in [5, 5.41) is 2.22. The van der Waals surface area contributed by atoms with Crippen molar-refractivity contribution in [3.8, 4) is 67.3 Å². The zero-order chi connectivity index (χ0) is 37.1. The van der Waals surface area contributed by atoms with Gasteiger partial charge in [0.05, 0.1) is 11.4 Å². The molecule has 7 aromatic carbocycles. The van der Waals surface area contributed by atoms with Crippen LogP contribution < -0.4 is 0 Å². The molecule has 55 heavy (non-hydrogen) atoms. The van der Waals surface area contributed by atoms with E-state index in [2.05, 4.69) is 155 Å². The Labute approximate surface area is 321 Å². The molecule has 0 aliphatic heterocycles. The molecular weight excluding hydrogens is 669 g/mol. The van der Waals surface area contributed by atoms with Gasteiger partial charge in [0.15, 0.2) is 5.82 Å². The Morgan fingerprint density at radius 2 is 0.927 bits per heavy atom. The Kier molecular flexibility index (Phi) is 6.65. The van der Waals surface area contributed by atoms with Gasteiger partial charge in [0, 0.05) is 38.3 Å². The molecule has 262 valence electrons. The Hall–Kier alpha value is -6.58. The second kappa shape index (κ2) is 11.5. The molecule has 0 bridgehead atoms. The number of rotatable bonds is 4. The predicted molar refractivity (Wildman–Crippen MR) is 226 cm³/mol. The average molecular weight is 707 g/mol. The van der Waals surface area contributed by atoms with Crippen LogP contribution >= 0.6 is 0 Å². The molecule has 2 aromatic heterocycles. The lowest BCUT2D eigenvalue weighted by Crippen LogP contribution is -2.17. The van der Waals surface area contributed by atoms with Crippen LogP contribution in [0.1, 0.15) is 49.9 Å². The molecular formula is C52H38N2O. The summed E-state index contributed by atoms with van der Waals surface area (Å²) in [5.74, 6) is 0.693. The zero-order valence-electron chi connectivity index (χ0n) is 31.3. The van der Waals surface area contributed by atoms with Crippen LogP contribution in [0.4, 0.5) is 0 Å². The van der Waals surface area contributed by atoms with Crippen molar-refractivity contribution in [2.75, 3.05) is 0 Å². The van der Waals surface area contributed by atoms with Crippen molar-refractivity contribution in [3.05, 3.63) is 180 Å². The first-order valence-electron chi connectivity index (χ1n) is 19.1. The second-order valence-electron chi connectivity index (χ2n) is 16.2. The summed E-state index contributed by atoms with van der Waals surface area (Å²) in [6.45, 7) is 9.49. The lowest BCUT2D eigenvalue weighted by Gasteiger charge is -2.24. The van der Waals surface area contributed by atoms with Crippen LogP contribution in [0.5, 0.6) is 0 Å². The van der Waals surface area contributed by atoms with Crippen molar-refractivity contribution in [1.29, 1.82) is 0 Å². The van der Waals surface area contributed by atoms with Gasteiger partial charge in [-0.1, -0.05) is 137 Å². The first-order valence-corrected chi connectivity index (χ1v) is 19.1. The summed E-state index contributed by atoms with van der Waals surface area (Å²) in [6, 6.07) is 56.7. The number of nitrogens with zero attached hydrogens (tertiary/aromatic N) is 2. The lowest BCUT2D eigenvalue weighted by atomic mass is 9.79. The van der Waals surface area contributed by atoms with E-state index in [0.29, 0.717) is 5.82 Å². The van der Waals surface area contributed by atoms with Crippen molar-refractivity contribution >= 4 is 21.9 Å². The van der Waals surface area contributed by atoms with E-state index in [4.69, 9.17) is 14.4 Å². The summed E-state index contributed by atoms with van der Waals surface area (Å²) in [6.07, 6.45) is 0. The van der Waals surface area contributed by atoms with E-state index in [1.807, 2.05) is 30.3 Å². The normalized spacial score (nSPS) is 14.5. The maximum absolute atomic E-state index is 6.28. The maximum atomic E-state index is 6.28. The largest absolute Gasteiger partial charge is 0.456 e. The number of para-hydroxylation sites is 1. The van der Waals surface area contributed by atoms with Crippen LogP contribution in [0.15, 0.2) is 162 Å². The smallest absolute Gasteiger partial charge is 0.160 e. The van der Waals surface area contributed by atoms with Crippen molar-refractivity contribution in [2.45, 2.75) is 38.5 Å². The molecule has 0 saturated carbocycles. The molecule has 0 unspecified atom stereocenters. The number of fused-ring (bicyclic) bond motifs is 9. The SMILES string of the molecule is CC1(C)c2ccccc2-c2cc3c(cc21)-c1ccc(-c2cccc(-c4cc(-c5ccc6c(c5)oc5ccccc56)nc(-c5ccccc5)n4)c2)cc1C3(C)C. The number of hydrogen-bond donors (Lipinski definition) is 0. The van der Waals surface area contributed by atoms with Crippen molar-refractivity contribution < 1.29 is 4.42 Å². The standard InChI is InChI=1S/C52H38N2O/c1-51(2)42-19-10-8-17-36(42)40-28-45-41(29-44(40)51)37-23-21-33(26-43(37)52(45,3)4)32-15-12-16-34(25-32)46-30-47(54-50(53-46)31-13-6-5-7-14-31)35-22-24-39-38-18-9-11-20-48(38)55-49(39)27-35/h5-30H,1-4H3. The molecule has 11 rings (SSSR count). The third kappa shape index (κ3) is 4.76. The van der Waals surface area contributed by atoms with Gasteiger partial charge in [-0.15, -0.1) is 0 Å². The van der Waals surface area contributed by atoms with Crippen LogP contribution in [0, 0.1) is 0 Å². The molecule has 2 aliphatic rings. The molecule has 3 nitrogen and oxygen atoms in total. The first kappa shape index (κ1) is 31.9. The molecule has 0 fully saturated rings. The molecule has 0 spiro atoms. The molecule has 0 saturated heterocycles. The van der Waals surface area contributed by atoms with Gasteiger partial charge in [0.25, 0.3) is 0 Å². The summed E-state index contributed by atoms with van der Waals surface area (Å²) >= 11 is 0. The lowest BCUT2D eigenvalue weighted by molar-refractivity contribution is 0.652. The summed E-state index contributed by atoms with van der Waals surface area (Å²) in [4.78, 5) is 10.3. The monoisotopic (exact) mass is 706 g/mol. The quantitative estimate of drug-likeness (QED) is 0.183. The highest BCUT2D eigenvalue weighted by atomic mass is 16.3. The number of benzene rings is 7. The van der Waals surface area contributed by atoms with E-state index in [9.17, 15) is 0 Å². The van der Waals surface area contributed by atoms with Gasteiger partial charge in [-0.3, -0.25) is 0 Å². The van der Waals surface area contributed by atoms with Crippen LogP contribution in [0.3, 0.4) is 0 Å². The fourth-order valence-corrected chi connectivity index (χ4v) is 9.31. The van der Waals surface area contributed by atoms with Crippen LogP contribution in [0.25, 0.3) is 89.2 Å². The third-order valence-corrected chi connectivity index (χ3v) is 12.3. The first-order chi connectivity index (χ1) is 26.7. The number of aromatic nitrogens is 2. The number of hydrogen-bond acceptors (Lipinski definition) is 3. The van der Waals surface area contributed by atoms with Crippen LogP contribution in [0.2, 0.25) is 0 Å². The van der Waals surface area contributed by atoms with Gasteiger partial charge in [-0.05, 0) is 104 Å². The molecule has 0 N–H and O–H groups in total. The highest BCUT2D eigenvalue weighted by molar-refractivity contribution is 6.06. The van der Waals surface area contributed by atoms with E-state index in [1.54, 1.807) is 0 Å². The van der Waals surface area contributed by atoms with Gasteiger partial charge in [-0.25, -0.2) is 9.97 Å². The Morgan fingerprint density at radius 3 is 1.73 bits per heavy atom. The minimum atomic E-state index is -0.137.